The quantitative estimate of drug-likeness (QED) is 0.00957. The number of nitrogens with one attached hydrogen (secondary N) is 10. The molecule has 1 aromatic carbocycles. The molecule has 2 aliphatic rings. The van der Waals surface area contributed by atoms with Gasteiger partial charge in [-0.25, -0.2) is 29.3 Å². The van der Waals surface area contributed by atoms with Gasteiger partial charge in [0.25, 0.3) is 10.9 Å². The van der Waals surface area contributed by atoms with Crippen LogP contribution in [-0.4, -0.2) is 364 Å². The van der Waals surface area contributed by atoms with Crippen LogP contribution in [0.5, 0.6) is 0 Å². The smallest absolute Gasteiger partial charge is 0.322 e. The zero-order chi connectivity index (χ0) is 67.6. The van der Waals surface area contributed by atoms with Crippen LogP contribution in [0.3, 0.4) is 0 Å². The fourth-order valence-corrected chi connectivity index (χ4v) is 9.03. The molecular formula is C52H90N18O22. The van der Waals surface area contributed by atoms with Crippen LogP contribution >= 0.6 is 0 Å². The van der Waals surface area contributed by atoms with Gasteiger partial charge in [0.15, 0.2) is 20.2 Å². The van der Waals surface area contributed by atoms with E-state index in [1.54, 1.807) is 24.5 Å². The lowest BCUT2D eigenvalue weighted by atomic mass is 10.2. The van der Waals surface area contributed by atoms with Gasteiger partial charge in [-0.1, -0.05) is 0 Å². The number of rotatable bonds is 39. The van der Waals surface area contributed by atoms with Crippen LogP contribution < -0.4 is 64.0 Å². The van der Waals surface area contributed by atoms with E-state index in [0.717, 1.165) is 0 Å². The molecule has 0 radical (unpaired) electrons. The van der Waals surface area contributed by atoms with Crippen molar-refractivity contribution in [2.24, 2.45) is 0 Å². The minimum atomic E-state index is -1.25. The average Bonchev–Trinajstić information content (AvgIpc) is 0.800. The molecule has 40 nitrogen and oxygen atoms in total. The number of anilines is 2. The van der Waals surface area contributed by atoms with E-state index in [9.17, 15) is 62.3 Å². The number of aliphatic carboxylic acids is 3. The number of amides is 8. The van der Waals surface area contributed by atoms with Gasteiger partial charge in [-0.2, -0.15) is 0 Å². The summed E-state index contributed by atoms with van der Waals surface area (Å²) in [5.41, 5.74) is -1.67. The predicted molar refractivity (Wildman–Crippen MR) is 321 cm³/mol. The SMILES string of the molecule is COOCNC(=O)CN1CCN(CC(=O)NCCNc2c(NCCNC(=O)CN3CCN(CC(=O)NCOOC)CCN(CC(=O)NCC(=O)O)CCN(CC(=O)NCC(=O)O)CC3)c(=O)c2=O)CCN(CC(=O)NCC(=O)O)CCN(CC(=O)NCOOC)CC1. The maximum Gasteiger partial charge on any atom is 0.322 e. The average molecular weight is 1320 g/mol. The molecule has 8 amide bonds. The fourth-order valence-electron chi connectivity index (χ4n) is 9.03. The second-order valence-electron chi connectivity index (χ2n) is 20.8. The van der Waals surface area contributed by atoms with Crippen LogP contribution in [0.1, 0.15) is 0 Å². The minimum Gasteiger partial charge on any atom is -0.480 e. The lowest BCUT2D eigenvalue weighted by Gasteiger charge is -2.33. The van der Waals surface area contributed by atoms with Gasteiger partial charge in [0, 0.05) is 131 Å². The van der Waals surface area contributed by atoms with E-state index in [2.05, 4.69) is 67.8 Å². The third-order valence-electron chi connectivity index (χ3n) is 13.9. The maximum absolute atomic E-state index is 13.5. The number of carboxylic acid groups (broad SMARTS) is 3. The fraction of sp³-hybridized carbons (Fsp3) is 0.712. The van der Waals surface area contributed by atoms with E-state index in [1.165, 1.54) is 21.3 Å². The van der Waals surface area contributed by atoms with Gasteiger partial charge in [-0.3, -0.25) is 102 Å². The van der Waals surface area contributed by atoms with Gasteiger partial charge >= 0.3 is 17.9 Å². The first-order chi connectivity index (χ1) is 44.1. The molecule has 2 aliphatic heterocycles. The highest BCUT2D eigenvalue weighted by Gasteiger charge is 2.26. The molecule has 0 atom stereocenters. The summed E-state index contributed by atoms with van der Waals surface area (Å²) < 4.78 is 0. The predicted octanol–water partition coefficient (Wildman–Crippen LogP) is -10.7. The molecule has 0 bridgehead atoms. The summed E-state index contributed by atoms with van der Waals surface area (Å²) in [4.78, 5) is 205. The molecule has 0 spiro atoms. The summed E-state index contributed by atoms with van der Waals surface area (Å²) in [7, 11) is 3.84. The Bertz CT molecular complexity index is 2580. The molecule has 13 N–H and O–H groups in total. The van der Waals surface area contributed by atoms with Crippen molar-refractivity contribution in [2.75, 3.05) is 255 Å². The van der Waals surface area contributed by atoms with E-state index < -0.39 is 95.7 Å². The standard InChI is InChI=1S/C52H90N18O22/c1-87-90-35-60-43(76)32-68-18-10-63(8-12-65(29-40(73)57-24-46(79)80)14-15-67(17-20-68)31-42(75)59-26-48(83)84)27-38(71)53-4-6-55-49-50(52(86)51(49)85)56-7-5-54-39(72)28-64-9-13-66(30-41(74)58-25-47(81)82)16-21-70(34-45(78)62-37-92-89-3)23-22-69(19-11-64)33-44(77)61-36-91-88-2/h55-56H,4-37H2,1-3H3,(H,53,71)(H,54,72)(H,57,73)(H,58,74)(H,59,75)(H,60,76)(H,61,77)(H,62,78)(H,79,80)(H,81,82)(H,83,84). The number of nitrogens with zero attached hydrogens (tertiary/aromatic N) is 8. The molecule has 0 unspecified atom stereocenters. The van der Waals surface area contributed by atoms with E-state index in [4.69, 9.17) is 30.0 Å². The minimum absolute atomic E-state index is 0.00152. The molecule has 3 rings (SSSR count). The van der Waals surface area contributed by atoms with Gasteiger partial charge in [-0.15, -0.1) is 0 Å². The molecule has 0 aromatic heterocycles. The van der Waals surface area contributed by atoms with Gasteiger partial charge < -0.3 is 68.5 Å². The summed E-state index contributed by atoms with van der Waals surface area (Å²) in [6.07, 6.45) is 0. The molecule has 520 valence electrons. The van der Waals surface area contributed by atoms with Crippen molar-refractivity contribution >= 4 is 76.5 Å². The Morgan fingerprint density at radius 1 is 0.304 bits per heavy atom. The first-order valence-corrected chi connectivity index (χ1v) is 29.4. The topological polar surface area (TPSA) is 484 Å². The second-order valence-corrected chi connectivity index (χ2v) is 20.8. The van der Waals surface area contributed by atoms with E-state index in [0.29, 0.717) is 0 Å². The third-order valence-corrected chi connectivity index (χ3v) is 13.9. The highest BCUT2D eigenvalue weighted by atomic mass is 17.2. The summed E-state index contributed by atoms with van der Waals surface area (Å²) in [5.74, 6) is -7.53. The summed E-state index contributed by atoms with van der Waals surface area (Å²) in [5, 5.41) is 53.3. The van der Waals surface area contributed by atoms with Gasteiger partial charge in [0.1, 0.15) is 31.0 Å². The van der Waals surface area contributed by atoms with Crippen molar-refractivity contribution < 1.29 is 97.4 Å². The second kappa shape index (κ2) is 45.5. The van der Waals surface area contributed by atoms with Crippen molar-refractivity contribution in [3.63, 3.8) is 0 Å². The first-order valence-electron chi connectivity index (χ1n) is 29.4. The number of hydrogen-bond acceptors (Lipinski definition) is 29. The highest BCUT2D eigenvalue weighted by Crippen LogP contribution is 2.13. The molecule has 2 fully saturated rings. The highest BCUT2D eigenvalue weighted by molar-refractivity contribution is 5.84. The number of carbonyl (C=O) groups excluding carboxylic acids is 8. The molecular weight excluding hydrogens is 1230 g/mol. The Morgan fingerprint density at radius 3 is 0.674 bits per heavy atom. The maximum atomic E-state index is 13.5. The van der Waals surface area contributed by atoms with Crippen LogP contribution in [0.4, 0.5) is 11.4 Å². The summed E-state index contributed by atoms with van der Waals surface area (Å²) >= 11 is 0. The van der Waals surface area contributed by atoms with E-state index >= 15 is 0 Å². The molecule has 92 heavy (non-hydrogen) atoms. The van der Waals surface area contributed by atoms with Crippen molar-refractivity contribution in [2.45, 2.75) is 0 Å². The molecule has 2 heterocycles. The van der Waals surface area contributed by atoms with Gasteiger partial charge in [0.2, 0.25) is 47.3 Å². The zero-order valence-electron chi connectivity index (χ0n) is 52.2. The van der Waals surface area contributed by atoms with Crippen LogP contribution in [0.2, 0.25) is 0 Å². The summed E-state index contributed by atoms with van der Waals surface area (Å²) in [6, 6.07) is 0. The molecule has 0 saturated carbocycles. The van der Waals surface area contributed by atoms with E-state index in [-0.39, 0.29) is 215 Å². The lowest BCUT2D eigenvalue weighted by Crippen LogP contribution is -2.52. The Morgan fingerprint density at radius 2 is 0.489 bits per heavy atom. The molecule has 1 aromatic rings. The molecule has 0 aliphatic carbocycles. The largest absolute Gasteiger partial charge is 0.480 e. The van der Waals surface area contributed by atoms with Crippen LogP contribution in [0.25, 0.3) is 0 Å². The molecule has 2 saturated heterocycles. The Hall–Kier alpha value is -7.71. The van der Waals surface area contributed by atoms with Gasteiger partial charge in [0.05, 0.1) is 73.7 Å². The van der Waals surface area contributed by atoms with Crippen molar-refractivity contribution in [1.82, 2.24) is 81.7 Å². The number of hydrogen-bond donors (Lipinski definition) is 13. The Balaban J connectivity index is 1.65. The lowest BCUT2D eigenvalue weighted by molar-refractivity contribution is -0.276. The third kappa shape index (κ3) is 35.2. The van der Waals surface area contributed by atoms with Crippen LogP contribution in [0.15, 0.2) is 9.59 Å². The monoisotopic (exact) mass is 1320 g/mol. The summed E-state index contributed by atoms with van der Waals surface area (Å²) in [6.45, 7) is -0.130. The first kappa shape index (κ1) is 78.5. The van der Waals surface area contributed by atoms with E-state index in [1.807, 2.05) is 14.7 Å². The van der Waals surface area contributed by atoms with Crippen molar-refractivity contribution in [3.05, 3.63) is 20.4 Å². The van der Waals surface area contributed by atoms with Crippen LogP contribution in [0, 0.1) is 0 Å². The zero-order valence-corrected chi connectivity index (χ0v) is 52.2. The normalized spacial score (nSPS) is 16.2. The number of carbonyl (C=O) groups is 11. The number of carboxylic acids is 3. The van der Waals surface area contributed by atoms with Gasteiger partial charge in [-0.05, 0) is 0 Å². The van der Waals surface area contributed by atoms with Crippen molar-refractivity contribution in [3.8, 4) is 0 Å². The van der Waals surface area contributed by atoms with Crippen LogP contribution in [-0.2, 0) is 82.1 Å². The van der Waals surface area contributed by atoms with Crippen molar-refractivity contribution in [1.29, 1.82) is 0 Å². The molecule has 40 heteroatoms. The Kier molecular flexibility index (Phi) is 38.9. The Labute approximate surface area is 529 Å².